The number of nitrogens with zero attached hydrogens (tertiary/aromatic N) is 2. The van der Waals surface area contributed by atoms with Crippen LogP contribution in [0.1, 0.15) is 24.4 Å². The van der Waals surface area contributed by atoms with Gasteiger partial charge in [-0.15, -0.1) is 0 Å². The molecule has 0 atom stereocenters. The fourth-order valence-corrected chi connectivity index (χ4v) is 1.49. The summed E-state index contributed by atoms with van der Waals surface area (Å²) in [6.07, 6.45) is 0.0338. The van der Waals surface area contributed by atoms with Crippen LogP contribution in [0.3, 0.4) is 0 Å². The van der Waals surface area contributed by atoms with Crippen LogP contribution in [0.2, 0.25) is 0 Å². The van der Waals surface area contributed by atoms with Gasteiger partial charge in [-0.3, -0.25) is 0 Å². The zero-order chi connectivity index (χ0) is 14.6. The molecule has 1 saturated carbocycles. The molecule has 0 bridgehead atoms. The van der Waals surface area contributed by atoms with Gasteiger partial charge in [-0.2, -0.15) is 8.78 Å². The van der Waals surface area contributed by atoms with Gasteiger partial charge in [-0.1, -0.05) is 0 Å². The first kappa shape index (κ1) is 15.1. The third-order valence-electron chi connectivity index (χ3n) is 2.76. The summed E-state index contributed by atoms with van der Waals surface area (Å²) in [5.41, 5.74) is 0.714. The van der Waals surface area contributed by atoms with Crippen LogP contribution in [0.5, 0.6) is 0 Å². The second-order valence-corrected chi connectivity index (χ2v) is 4.67. The smallest absolute Gasteiger partial charge is 0.330 e. The van der Waals surface area contributed by atoms with E-state index in [1.54, 1.807) is 6.07 Å². The zero-order valence-electron chi connectivity index (χ0n) is 10.7. The summed E-state index contributed by atoms with van der Waals surface area (Å²) in [5.74, 6) is -3.95. The highest BCUT2D eigenvalue weighted by molar-refractivity contribution is 5.02. The predicted molar refractivity (Wildman–Crippen MR) is 62.5 cm³/mol. The third-order valence-corrected chi connectivity index (χ3v) is 2.76. The predicted octanol–water partition coefficient (Wildman–Crippen LogP) is 2.15. The Hall–Kier alpha value is -1.28. The molecule has 0 aromatic carbocycles. The zero-order valence-corrected chi connectivity index (χ0v) is 10.7. The second-order valence-electron chi connectivity index (χ2n) is 4.67. The molecule has 112 valence electrons. The number of aromatic nitrogens is 2. The lowest BCUT2D eigenvalue weighted by molar-refractivity contribution is -0.168. The highest BCUT2D eigenvalue weighted by Crippen LogP contribution is 2.23. The molecule has 1 aromatic heterocycles. The van der Waals surface area contributed by atoms with Crippen molar-refractivity contribution in [1.29, 1.82) is 0 Å². The van der Waals surface area contributed by atoms with E-state index in [9.17, 15) is 17.6 Å². The monoisotopic (exact) mass is 293 g/mol. The van der Waals surface area contributed by atoms with Crippen LogP contribution in [0.4, 0.5) is 17.6 Å². The van der Waals surface area contributed by atoms with Crippen LogP contribution in [0.25, 0.3) is 0 Å². The van der Waals surface area contributed by atoms with Gasteiger partial charge < -0.3 is 10.1 Å². The molecule has 1 N–H and O–H groups in total. The summed E-state index contributed by atoms with van der Waals surface area (Å²) < 4.78 is 53.6. The van der Waals surface area contributed by atoms with E-state index >= 15 is 0 Å². The topological polar surface area (TPSA) is 47.0 Å². The van der Waals surface area contributed by atoms with Crippen LogP contribution >= 0.6 is 0 Å². The van der Waals surface area contributed by atoms with Crippen molar-refractivity contribution in [2.75, 3.05) is 6.61 Å². The minimum Gasteiger partial charge on any atom is -0.367 e. The Kier molecular flexibility index (Phi) is 4.87. The summed E-state index contributed by atoms with van der Waals surface area (Å²) >= 11 is 0. The summed E-state index contributed by atoms with van der Waals surface area (Å²) in [7, 11) is 0. The van der Waals surface area contributed by atoms with Crippen LogP contribution in [0, 0.1) is 0 Å². The van der Waals surface area contributed by atoms with Gasteiger partial charge in [0.15, 0.2) is 5.82 Å². The van der Waals surface area contributed by atoms with E-state index in [0.717, 1.165) is 12.8 Å². The Bertz CT molecular complexity index is 440. The molecule has 0 saturated heterocycles. The molecular weight excluding hydrogens is 278 g/mol. The second kappa shape index (κ2) is 6.45. The van der Waals surface area contributed by atoms with Crippen molar-refractivity contribution in [3.8, 4) is 0 Å². The van der Waals surface area contributed by atoms with E-state index in [1.165, 1.54) is 6.20 Å². The van der Waals surface area contributed by atoms with Crippen molar-refractivity contribution < 1.29 is 22.3 Å². The normalized spacial score (nSPS) is 15.8. The minimum atomic E-state index is -4.15. The Morgan fingerprint density at radius 2 is 2.15 bits per heavy atom. The first-order valence-corrected chi connectivity index (χ1v) is 6.25. The molecule has 0 aliphatic heterocycles. The van der Waals surface area contributed by atoms with E-state index < -0.39 is 19.0 Å². The van der Waals surface area contributed by atoms with Crippen molar-refractivity contribution in [3.63, 3.8) is 0 Å². The molecule has 1 fully saturated rings. The van der Waals surface area contributed by atoms with Crippen LogP contribution in [-0.4, -0.2) is 35.0 Å². The maximum absolute atomic E-state index is 12.6. The van der Waals surface area contributed by atoms with Crippen molar-refractivity contribution >= 4 is 0 Å². The molecule has 0 spiro atoms. The van der Waals surface area contributed by atoms with E-state index in [1.807, 2.05) is 0 Å². The first-order chi connectivity index (χ1) is 9.47. The maximum atomic E-state index is 12.6. The number of ether oxygens (including phenoxy) is 1. The third kappa shape index (κ3) is 4.68. The summed E-state index contributed by atoms with van der Waals surface area (Å²) in [4.78, 5) is 7.96. The Balaban J connectivity index is 1.78. The summed E-state index contributed by atoms with van der Waals surface area (Å²) in [6.45, 7) is -1.11. The van der Waals surface area contributed by atoms with Gasteiger partial charge in [0.05, 0.1) is 5.69 Å². The molecule has 2 rings (SSSR count). The van der Waals surface area contributed by atoms with Crippen LogP contribution in [-0.2, 0) is 17.9 Å². The average molecular weight is 293 g/mol. The number of alkyl halides is 4. The van der Waals surface area contributed by atoms with Gasteiger partial charge in [-0.05, 0) is 18.9 Å². The van der Waals surface area contributed by atoms with Crippen molar-refractivity contribution in [3.05, 3.63) is 23.8 Å². The molecule has 8 heteroatoms. The molecule has 1 heterocycles. The molecule has 4 nitrogen and oxygen atoms in total. The van der Waals surface area contributed by atoms with E-state index in [-0.39, 0.29) is 12.4 Å². The van der Waals surface area contributed by atoms with Crippen molar-refractivity contribution in [1.82, 2.24) is 15.3 Å². The number of rotatable bonds is 8. The number of hydrogen-bond donors (Lipinski definition) is 1. The van der Waals surface area contributed by atoms with Gasteiger partial charge >= 0.3 is 12.3 Å². The lowest BCUT2D eigenvalue weighted by Gasteiger charge is -2.14. The lowest BCUT2D eigenvalue weighted by Crippen LogP contribution is -2.32. The maximum Gasteiger partial charge on any atom is 0.330 e. The SMILES string of the molecule is FC(F)C(F)(F)COCc1nccc(CNC2CC2)n1. The quantitative estimate of drug-likeness (QED) is 0.746. The number of halogens is 4. The van der Waals surface area contributed by atoms with Gasteiger partial charge in [0, 0.05) is 18.8 Å². The molecular formula is C12H15F4N3O. The lowest BCUT2D eigenvalue weighted by atomic mass is 10.4. The molecule has 0 radical (unpaired) electrons. The standard InChI is InChI=1S/C12H15F4N3O/c13-11(14)12(15,16)7-20-6-10-17-4-3-9(19-10)5-18-8-1-2-8/h3-4,8,11,18H,1-2,5-7H2. The van der Waals surface area contributed by atoms with E-state index in [2.05, 4.69) is 20.0 Å². The van der Waals surface area contributed by atoms with E-state index in [0.29, 0.717) is 18.3 Å². The van der Waals surface area contributed by atoms with E-state index in [4.69, 9.17) is 0 Å². The highest BCUT2D eigenvalue weighted by atomic mass is 19.3. The van der Waals surface area contributed by atoms with Crippen LogP contribution in [0.15, 0.2) is 12.3 Å². The summed E-state index contributed by atoms with van der Waals surface area (Å²) in [5, 5.41) is 3.25. The Morgan fingerprint density at radius 3 is 2.80 bits per heavy atom. The summed E-state index contributed by atoms with van der Waals surface area (Å²) in [6, 6.07) is 2.22. The molecule has 0 amide bonds. The van der Waals surface area contributed by atoms with Crippen molar-refractivity contribution in [2.24, 2.45) is 0 Å². The van der Waals surface area contributed by atoms with Crippen molar-refractivity contribution in [2.45, 2.75) is 44.4 Å². The Labute approximate surface area is 113 Å². The van der Waals surface area contributed by atoms with Gasteiger partial charge in [0.25, 0.3) is 0 Å². The number of nitrogens with one attached hydrogen (secondary N) is 1. The van der Waals surface area contributed by atoms with Gasteiger partial charge in [0.1, 0.15) is 13.2 Å². The molecule has 1 aromatic rings. The van der Waals surface area contributed by atoms with Crippen LogP contribution < -0.4 is 5.32 Å². The van der Waals surface area contributed by atoms with Gasteiger partial charge in [0.2, 0.25) is 0 Å². The number of hydrogen-bond acceptors (Lipinski definition) is 4. The molecule has 0 unspecified atom stereocenters. The molecule has 1 aliphatic carbocycles. The highest BCUT2D eigenvalue weighted by Gasteiger charge is 2.40. The van der Waals surface area contributed by atoms with Gasteiger partial charge in [-0.25, -0.2) is 18.7 Å². The fourth-order valence-electron chi connectivity index (χ4n) is 1.49. The fraction of sp³-hybridized carbons (Fsp3) is 0.667. The molecule has 1 aliphatic rings. The molecule has 20 heavy (non-hydrogen) atoms. The Morgan fingerprint density at radius 1 is 1.40 bits per heavy atom. The average Bonchev–Trinajstić information content (AvgIpc) is 3.20. The first-order valence-electron chi connectivity index (χ1n) is 6.25. The largest absolute Gasteiger partial charge is 0.367 e. The minimum absolute atomic E-state index is 0.199.